The van der Waals surface area contributed by atoms with Crippen LogP contribution in [0.2, 0.25) is 0 Å². The molecule has 0 spiro atoms. The van der Waals surface area contributed by atoms with Gasteiger partial charge in [-0.15, -0.1) is 0 Å². The van der Waals surface area contributed by atoms with E-state index in [4.69, 9.17) is 19.7 Å². The van der Waals surface area contributed by atoms with Crippen molar-refractivity contribution < 1.29 is 19.7 Å². The summed E-state index contributed by atoms with van der Waals surface area (Å²) in [6.45, 7) is 5.24. The Morgan fingerprint density at radius 2 is 1.65 bits per heavy atom. The van der Waals surface area contributed by atoms with Crippen LogP contribution in [0.25, 0.3) is 0 Å². The highest BCUT2D eigenvalue weighted by Gasteiger charge is 2.05. The van der Waals surface area contributed by atoms with Gasteiger partial charge < -0.3 is 19.7 Å². The Kier molecular flexibility index (Phi) is 5.97. The van der Waals surface area contributed by atoms with Gasteiger partial charge in [-0.1, -0.05) is 12.1 Å². The van der Waals surface area contributed by atoms with Gasteiger partial charge in [0.1, 0.15) is 12.4 Å². The van der Waals surface area contributed by atoms with Gasteiger partial charge >= 0.3 is 0 Å². The monoisotopic (exact) mass is 240 g/mol. The predicted molar refractivity (Wildman–Crippen MR) is 65.2 cm³/mol. The first-order chi connectivity index (χ1) is 8.19. The van der Waals surface area contributed by atoms with Gasteiger partial charge in [-0.05, 0) is 30.5 Å². The molecular formula is C13H20O4. The number of aryl methyl sites for hydroxylation is 2. The molecule has 0 atom stereocenters. The van der Waals surface area contributed by atoms with Crippen molar-refractivity contribution in [2.75, 3.05) is 26.4 Å². The molecule has 0 aliphatic rings. The Morgan fingerprint density at radius 3 is 2.18 bits per heavy atom. The predicted octanol–water partition coefficient (Wildman–Crippen LogP) is 1.18. The summed E-state index contributed by atoms with van der Waals surface area (Å²) in [5, 5.41) is 17.6. The lowest BCUT2D eigenvalue weighted by molar-refractivity contribution is 0.0702. The fourth-order valence-electron chi connectivity index (χ4n) is 1.73. The first-order valence-corrected chi connectivity index (χ1v) is 5.71. The number of hydrogen-bond donors (Lipinski definition) is 2. The number of benzene rings is 1. The van der Waals surface area contributed by atoms with E-state index in [1.807, 2.05) is 26.0 Å². The van der Waals surface area contributed by atoms with Gasteiger partial charge in [0.05, 0.1) is 26.4 Å². The van der Waals surface area contributed by atoms with E-state index in [2.05, 4.69) is 0 Å². The van der Waals surface area contributed by atoms with Crippen molar-refractivity contribution in [2.24, 2.45) is 0 Å². The zero-order chi connectivity index (χ0) is 12.7. The van der Waals surface area contributed by atoms with Gasteiger partial charge in [-0.25, -0.2) is 0 Å². The van der Waals surface area contributed by atoms with Gasteiger partial charge in [0, 0.05) is 0 Å². The van der Waals surface area contributed by atoms with Crippen LogP contribution in [0.3, 0.4) is 0 Å². The zero-order valence-electron chi connectivity index (χ0n) is 10.4. The van der Waals surface area contributed by atoms with E-state index in [9.17, 15) is 0 Å². The Labute approximate surface area is 102 Å². The molecule has 0 amide bonds. The second kappa shape index (κ2) is 7.27. The van der Waals surface area contributed by atoms with E-state index >= 15 is 0 Å². The lowest BCUT2D eigenvalue weighted by Gasteiger charge is -2.13. The van der Waals surface area contributed by atoms with Gasteiger partial charge in [0.25, 0.3) is 0 Å². The number of aliphatic hydroxyl groups excluding tert-OH is 2. The number of ether oxygens (including phenoxy) is 2. The second-order valence-electron chi connectivity index (χ2n) is 3.90. The normalized spacial score (nSPS) is 10.6. The van der Waals surface area contributed by atoms with Crippen LogP contribution in [0.1, 0.15) is 16.7 Å². The Balaban J connectivity index is 2.53. The molecule has 96 valence electrons. The van der Waals surface area contributed by atoms with Crippen LogP contribution in [0.5, 0.6) is 5.75 Å². The molecule has 0 unspecified atom stereocenters. The standard InChI is InChI=1S/C13H20O4/c1-10-7-12(9-15)8-11(2)13(10)17-6-5-16-4-3-14/h7-8,14-15H,3-6,9H2,1-2H3. The van der Waals surface area contributed by atoms with Crippen molar-refractivity contribution in [1.82, 2.24) is 0 Å². The second-order valence-corrected chi connectivity index (χ2v) is 3.90. The van der Waals surface area contributed by atoms with Crippen LogP contribution in [0.4, 0.5) is 0 Å². The third kappa shape index (κ3) is 4.34. The first-order valence-electron chi connectivity index (χ1n) is 5.71. The molecule has 0 aromatic heterocycles. The molecule has 2 N–H and O–H groups in total. The molecule has 1 rings (SSSR count). The topological polar surface area (TPSA) is 58.9 Å². The molecule has 1 aromatic rings. The van der Waals surface area contributed by atoms with Crippen molar-refractivity contribution in [3.63, 3.8) is 0 Å². The molecule has 0 heterocycles. The van der Waals surface area contributed by atoms with Crippen LogP contribution in [0.15, 0.2) is 12.1 Å². The Hall–Kier alpha value is -1.10. The van der Waals surface area contributed by atoms with Crippen LogP contribution >= 0.6 is 0 Å². The van der Waals surface area contributed by atoms with E-state index in [0.717, 1.165) is 22.4 Å². The van der Waals surface area contributed by atoms with Crippen molar-refractivity contribution in [2.45, 2.75) is 20.5 Å². The summed E-state index contributed by atoms with van der Waals surface area (Å²) in [4.78, 5) is 0. The fraction of sp³-hybridized carbons (Fsp3) is 0.538. The van der Waals surface area contributed by atoms with Crippen molar-refractivity contribution in [1.29, 1.82) is 0 Å². The summed E-state index contributed by atoms with van der Waals surface area (Å²) in [5.74, 6) is 0.842. The minimum Gasteiger partial charge on any atom is -0.491 e. The molecule has 1 aromatic carbocycles. The molecule has 0 aliphatic heterocycles. The van der Waals surface area contributed by atoms with E-state index in [0.29, 0.717) is 19.8 Å². The molecule has 0 saturated carbocycles. The van der Waals surface area contributed by atoms with Gasteiger partial charge in [0.15, 0.2) is 0 Å². The summed E-state index contributed by atoms with van der Waals surface area (Å²) in [7, 11) is 0. The number of rotatable bonds is 7. The van der Waals surface area contributed by atoms with Crippen LogP contribution in [-0.2, 0) is 11.3 Å². The largest absolute Gasteiger partial charge is 0.491 e. The quantitative estimate of drug-likeness (QED) is 0.703. The maximum absolute atomic E-state index is 9.07. The van der Waals surface area contributed by atoms with E-state index < -0.39 is 0 Å². The highest BCUT2D eigenvalue weighted by Crippen LogP contribution is 2.24. The minimum atomic E-state index is 0.0310. The smallest absolute Gasteiger partial charge is 0.125 e. The summed E-state index contributed by atoms with van der Waals surface area (Å²) in [5.41, 5.74) is 2.91. The molecule has 0 radical (unpaired) electrons. The van der Waals surface area contributed by atoms with Gasteiger partial charge in [-0.2, -0.15) is 0 Å². The Bertz CT molecular complexity index is 326. The van der Waals surface area contributed by atoms with Crippen LogP contribution in [-0.4, -0.2) is 36.6 Å². The molecule has 0 aliphatic carbocycles. The molecule has 0 saturated heterocycles. The molecule has 4 nitrogen and oxygen atoms in total. The third-order valence-electron chi connectivity index (χ3n) is 2.41. The number of aliphatic hydroxyl groups is 2. The molecular weight excluding hydrogens is 220 g/mol. The minimum absolute atomic E-state index is 0.0310. The van der Waals surface area contributed by atoms with Crippen molar-refractivity contribution in [3.05, 3.63) is 28.8 Å². The fourth-order valence-corrected chi connectivity index (χ4v) is 1.73. The zero-order valence-corrected chi connectivity index (χ0v) is 10.4. The van der Waals surface area contributed by atoms with Crippen molar-refractivity contribution >= 4 is 0 Å². The highest BCUT2D eigenvalue weighted by atomic mass is 16.5. The first kappa shape index (κ1) is 14.0. The van der Waals surface area contributed by atoms with Gasteiger partial charge in [-0.3, -0.25) is 0 Å². The summed E-state index contributed by atoms with van der Waals surface area (Å²) < 4.78 is 10.7. The summed E-state index contributed by atoms with van der Waals surface area (Å²) >= 11 is 0. The lowest BCUT2D eigenvalue weighted by atomic mass is 10.1. The average molecular weight is 240 g/mol. The molecule has 0 bridgehead atoms. The lowest BCUT2D eigenvalue weighted by Crippen LogP contribution is -2.10. The maximum Gasteiger partial charge on any atom is 0.125 e. The highest BCUT2D eigenvalue weighted by molar-refractivity contribution is 5.43. The number of hydrogen-bond acceptors (Lipinski definition) is 4. The van der Waals surface area contributed by atoms with E-state index in [-0.39, 0.29) is 13.2 Å². The van der Waals surface area contributed by atoms with Crippen molar-refractivity contribution in [3.8, 4) is 5.75 Å². The average Bonchev–Trinajstić information content (AvgIpc) is 2.31. The van der Waals surface area contributed by atoms with E-state index in [1.165, 1.54) is 0 Å². The maximum atomic E-state index is 9.07. The Morgan fingerprint density at radius 1 is 1.00 bits per heavy atom. The SMILES string of the molecule is Cc1cc(CO)cc(C)c1OCCOCCO. The summed E-state index contributed by atoms with van der Waals surface area (Å²) in [6, 6.07) is 3.83. The summed E-state index contributed by atoms with van der Waals surface area (Å²) in [6.07, 6.45) is 0. The molecule has 0 fully saturated rings. The third-order valence-corrected chi connectivity index (χ3v) is 2.41. The molecule has 4 heteroatoms. The van der Waals surface area contributed by atoms with Gasteiger partial charge in [0.2, 0.25) is 0 Å². The van der Waals surface area contributed by atoms with Crippen LogP contribution < -0.4 is 4.74 Å². The van der Waals surface area contributed by atoms with E-state index in [1.54, 1.807) is 0 Å². The molecule has 17 heavy (non-hydrogen) atoms. The van der Waals surface area contributed by atoms with Crippen LogP contribution in [0, 0.1) is 13.8 Å².